The molecule has 0 aromatic rings. The molecular weight excluding hydrogens is 316 g/mol. The zero-order valence-electron chi connectivity index (χ0n) is 12.1. The van der Waals surface area contributed by atoms with Crippen LogP contribution in [0.25, 0.3) is 0 Å². The van der Waals surface area contributed by atoms with E-state index >= 15 is 0 Å². The Kier molecular flexibility index (Phi) is 11.2. The summed E-state index contributed by atoms with van der Waals surface area (Å²) in [5, 5.41) is 5.19. The third-order valence-electron chi connectivity index (χ3n) is 2.35. The summed E-state index contributed by atoms with van der Waals surface area (Å²) >= 11 is 8.01. The summed E-state index contributed by atoms with van der Waals surface area (Å²) in [6, 6.07) is -1.50. The van der Waals surface area contributed by atoms with E-state index in [1.807, 2.05) is 0 Å². The number of esters is 2. The zero-order chi connectivity index (χ0) is 16.3. The molecule has 0 aliphatic heterocycles. The molecule has 2 N–H and O–H groups in total. The molecule has 21 heavy (non-hydrogen) atoms. The fourth-order valence-electron chi connectivity index (χ4n) is 1.35. The van der Waals surface area contributed by atoms with Gasteiger partial charge in [-0.3, -0.25) is 14.9 Å². The molecule has 0 rings (SSSR count). The molecule has 0 spiro atoms. The van der Waals surface area contributed by atoms with E-state index in [-0.39, 0.29) is 31.3 Å². The normalized spacial score (nSPS) is 13.1. The van der Waals surface area contributed by atoms with Crippen LogP contribution in [-0.4, -0.2) is 61.2 Å². The average molecular weight is 338 g/mol. The topological polar surface area (TPSA) is 93.7 Å². The molecule has 0 aliphatic rings. The molecule has 0 radical (unpaired) electrons. The van der Waals surface area contributed by atoms with Crippen molar-refractivity contribution in [1.82, 2.24) is 10.6 Å². The molecule has 1 amide bonds. The number of hydrogen-bond donors (Lipinski definition) is 4. The van der Waals surface area contributed by atoms with E-state index in [9.17, 15) is 14.4 Å². The van der Waals surface area contributed by atoms with Gasteiger partial charge in [0.2, 0.25) is 5.91 Å². The van der Waals surface area contributed by atoms with E-state index in [1.165, 1.54) is 0 Å². The lowest BCUT2D eigenvalue weighted by Gasteiger charge is -2.17. The van der Waals surface area contributed by atoms with Gasteiger partial charge in [0, 0.05) is 11.5 Å². The lowest BCUT2D eigenvalue weighted by molar-refractivity contribution is -0.147. The molecule has 0 aliphatic carbocycles. The van der Waals surface area contributed by atoms with Gasteiger partial charge < -0.3 is 14.8 Å². The Balaban J connectivity index is 4.28. The monoisotopic (exact) mass is 338 g/mol. The summed E-state index contributed by atoms with van der Waals surface area (Å²) in [6.07, 6.45) is 0. The van der Waals surface area contributed by atoms with E-state index in [4.69, 9.17) is 9.47 Å². The van der Waals surface area contributed by atoms with E-state index < -0.39 is 29.9 Å². The van der Waals surface area contributed by atoms with Crippen molar-refractivity contribution in [1.29, 1.82) is 0 Å². The molecule has 2 atom stereocenters. The maximum absolute atomic E-state index is 11.7. The highest BCUT2D eigenvalue weighted by Gasteiger charge is 2.22. The maximum atomic E-state index is 11.7. The minimum Gasteiger partial charge on any atom is -0.465 e. The van der Waals surface area contributed by atoms with Gasteiger partial charge in [0.1, 0.15) is 12.1 Å². The lowest BCUT2D eigenvalue weighted by atomic mass is 10.3. The summed E-state index contributed by atoms with van der Waals surface area (Å²) in [6.45, 7) is 3.70. The van der Waals surface area contributed by atoms with E-state index in [0.29, 0.717) is 0 Å². The fourth-order valence-corrected chi connectivity index (χ4v) is 1.87. The number of thiol groups is 2. The minimum atomic E-state index is -0.820. The van der Waals surface area contributed by atoms with Gasteiger partial charge in [-0.05, 0) is 13.8 Å². The molecule has 0 fully saturated rings. The summed E-state index contributed by atoms with van der Waals surface area (Å²) in [4.78, 5) is 34.7. The predicted octanol–water partition coefficient (Wildman–Crippen LogP) is -0.585. The molecule has 0 saturated carbocycles. The number of rotatable bonds is 10. The standard InChI is InChI=1S/C12H22N2O5S2/c1-3-18-11(16)8(6-20)13-5-10(15)14-9(7-21)12(17)19-4-2/h8-9,13,20-21H,3-7H2,1-2H3,(H,14,15). The number of carbonyl (C=O) groups is 3. The average Bonchev–Trinajstić information content (AvgIpc) is 2.45. The Morgan fingerprint density at radius 2 is 1.43 bits per heavy atom. The van der Waals surface area contributed by atoms with Crippen LogP contribution in [0.2, 0.25) is 0 Å². The van der Waals surface area contributed by atoms with Crippen LogP contribution in [0.3, 0.4) is 0 Å². The Morgan fingerprint density at radius 1 is 0.952 bits per heavy atom. The molecule has 9 heteroatoms. The maximum Gasteiger partial charge on any atom is 0.329 e. The summed E-state index contributed by atoms with van der Waals surface area (Å²) in [5.41, 5.74) is 0. The van der Waals surface area contributed by atoms with Crippen LogP contribution >= 0.6 is 25.3 Å². The van der Waals surface area contributed by atoms with Crippen molar-refractivity contribution in [3.05, 3.63) is 0 Å². The number of ether oxygens (including phenoxy) is 2. The minimum absolute atomic E-state index is 0.123. The van der Waals surface area contributed by atoms with Crippen LogP contribution in [0.4, 0.5) is 0 Å². The molecule has 0 bridgehead atoms. The van der Waals surface area contributed by atoms with E-state index in [1.54, 1.807) is 13.8 Å². The second kappa shape index (κ2) is 11.7. The first kappa shape index (κ1) is 20.1. The second-order valence-electron chi connectivity index (χ2n) is 3.92. The summed E-state index contributed by atoms with van der Waals surface area (Å²) in [5.74, 6) is -1.15. The first-order valence-electron chi connectivity index (χ1n) is 6.57. The smallest absolute Gasteiger partial charge is 0.329 e. The van der Waals surface area contributed by atoms with Crippen molar-refractivity contribution in [2.75, 3.05) is 31.3 Å². The van der Waals surface area contributed by atoms with E-state index in [2.05, 4.69) is 35.9 Å². The molecule has 0 aromatic carbocycles. The largest absolute Gasteiger partial charge is 0.465 e. The summed E-state index contributed by atoms with van der Waals surface area (Å²) in [7, 11) is 0. The first-order valence-corrected chi connectivity index (χ1v) is 7.84. The molecule has 2 unspecified atom stereocenters. The summed E-state index contributed by atoms with van der Waals surface area (Å²) < 4.78 is 9.63. The molecule has 0 aromatic heterocycles. The molecule has 7 nitrogen and oxygen atoms in total. The number of amides is 1. The highest BCUT2D eigenvalue weighted by atomic mass is 32.1. The van der Waals surface area contributed by atoms with Gasteiger partial charge in [0.05, 0.1) is 19.8 Å². The Morgan fingerprint density at radius 3 is 1.86 bits per heavy atom. The Hall–Kier alpha value is -0.930. The van der Waals surface area contributed by atoms with Crippen molar-refractivity contribution in [3.8, 4) is 0 Å². The van der Waals surface area contributed by atoms with Crippen molar-refractivity contribution < 1.29 is 23.9 Å². The van der Waals surface area contributed by atoms with Gasteiger partial charge in [-0.1, -0.05) is 0 Å². The van der Waals surface area contributed by atoms with Gasteiger partial charge >= 0.3 is 11.9 Å². The van der Waals surface area contributed by atoms with E-state index in [0.717, 1.165) is 0 Å². The van der Waals surface area contributed by atoms with Gasteiger partial charge in [0.15, 0.2) is 0 Å². The number of nitrogens with one attached hydrogen (secondary N) is 2. The van der Waals surface area contributed by atoms with Gasteiger partial charge in [-0.2, -0.15) is 25.3 Å². The first-order chi connectivity index (χ1) is 9.99. The number of carbonyl (C=O) groups excluding carboxylic acids is 3. The second-order valence-corrected chi connectivity index (χ2v) is 4.65. The quantitative estimate of drug-likeness (QED) is 0.314. The molecule has 0 saturated heterocycles. The van der Waals surface area contributed by atoms with Crippen LogP contribution < -0.4 is 10.6 Å². The SMILES string of the molecule is CCOC(=O)C(CS)NCC(=O)NC(CS)C(=O)OCC. The Labute approximate surface area is 135 Å². The third-order valence-corrected chi connectivity index (χ3v) is 3.08. The lowest BCUT2D eigenvalue weighted by Crippen LogP contribution is -2.49. The fraction of sp³-hybridized carbons (Fsp3) is 0.750. The van der Waals surface area contributed by atoms with Crippen LogP contribution in [0.5, 0.6) is 0 Å². The van der Waals surface area contributed by atoms with Crippen LogP contribution in [0.15, 0.2) is 0 Å². The third kappa shape index (κ3) is 8.18. The van der Waals surface area contributed by atoms with Gasteiger partial charge in [-0.15, -0.1) is 0 Å². The number of hydrogen-bond acceptors (Lipinski definition) is 8. The predicted molar refractivity (Wildman–Crippen MR) is 84.7 cm³/mol. The van der Waals surface area contributed by atoms with Crippen molar-refractivity contribution >= 4 is 43.1 Å². The highest BCUT2D eigenvalue weighted by Crippen LogP contribution is 1.95. The van der Waals surface area contributed by atoms with Crippen LogP contribution in [0.1, 0.15) is 13.8 Å². The highest BCUT2D eigenvalue weighted by molar-refractivity contribution is 7.80. The Bertz CT molecular complexity index is 355. The molecular formula is C12H22N2O5S2. The van der Waals surface area contributed by atoms with Crippen molar-refractivity contribution in [2.45, 2.75) is 25.9 Å². The van der Waals surface area contributed by atoms with Crippen molar-refractivity contribution in [3.63, 3.8) is 0 Å². The van der Waals surface area contributed by atoms with Crippen LogP contribution in [-0.2, 0) is 23.9 Å². The van der Waals surface area contributed by atoms with Crippen molar-refractivity contribution in [2.24, 2.45) is 0 Å². The van der Waals surface area contributed by atoms with Gasteiger partial charge in [-0.25, -0.2) is 4.79 Å². The van der Waals surface area contributed by atoms with Crippen LogP contribution in [0, 0.1) is 0 Å². The molecule has 0 heterocycles. The van der Waals surface area contributed by atoms with Gasteiger partial charge in [0.25, 0.3) is 0 Å². The molecule has 122 valence electrons. The zero-order valence-corrected chi connectivity index (χ0v) is 13.9.